The van der Waals surface area contributed by atoms with Crippen LogP contribution in [0, 0.1) is 0 Å². The molecule has 2 aromatic heterocycles. The molecule has 0 radical (unpaired) electrons. The molecule has 2 heterocycles. The first kappa shape index (κ1) is 9.36. The lowest BCUT2D eigenvalue weighted by Crippen LogP contribution is -1.93. The van der Waals surface area contributed by atoms with E-state index >= 15 is 0 Å². The van der Waals surface area contributed by atoms with Crippen molar-refractivity contribution in [1.82, 2.24) is 10.1 Å². The topological polar surface area (TPSA) is 59.2 Å². The molecule has 0 aromatic carbocycles. The third-order valence-electron chi connectivity index (χ3n) is 1.76. The molecule has 2 aromatic rings. The number of hydrogen-bond donors (Lipinski definition) is 1. The predicted molar refractivity (Wildman–Crippen MR) is 52.1 cm³/mol. The molecule has 0 fully saturated rings. The average molecular weight is 210 g/mol. The third kappa shape index (κ3) is 2.00. The SMILES string of the molecule is CC(O)c1noc(Cc2cccs2)n1. The second-order valence-electron chi connectivity index (χ2n) is 2.98. The highest BCUT2D eigenvalue weighted by Gasteiger charge is 2.11. The van der Waals surface area contributed by atoms with Gasteiger partial charge in [-0.3, -0.25) is 0 Å². The fourth-order valence-electron chi connectivity index (χ4n) is 1.07. The quantitative estimate of drug-likeness (QED) is 0.838. The van der Waals surface area contributed by atoms with Gasteiger partial charge in [0.1, 0.15) is 6.10 Å². The normalized spacial score (nSPS) is 13.0. The molecule has 0 saturated carbocycles. The molecule has 2 rings (SSSR count). The van der Waals surface area contributed by atoms with E-state index in [1.807, 2.05) is 17.5 Å². The largest absolute Gasteiger partial charge is 0.385 e. The Balaban J connectivity index is 2.11. The maximum atomic E-state index is 9.18. The number of nitrogens with zero attached hydrogens (tertiary/aromatic N) is 2. The van der Waals surface area contributed by atoms with Gasteiger partial charge in [-0.15, -0.1) is 11.3 Å². The number of aliphatic hydroxyl groups excluding tert-OH is 1. The molecule has 0 saturated heterocycles. The van der Waals surface area contributed by atoms with Crippen LogP contribution in [0.2, 0.25) is 0 Å². The molecule has 1 N–H and O–H groups in total. The van der Waals surface area contributed by atoms with E-state index < -0.39 is 6.10 Å². The molecule has 74 valence electrons. The standard InChI is InChI=1S/C9H10N2O2S/c1-6(12)9-10-8(13-11-9)5-7-3-2-4-14-7/h2-4,6,12H,5H2,1H3. The van der Waals surface area contributed by atoms with Gasteiger partial charge in [-0.1, -0.05) is 11.2 Å². The Morgan fingerprint density at radius 3 is 3.07 bits per heavy atom. The van der Waals surface area contributed by atoms with Crippen LogP contribution in [0.3, 0.4) is 0 Å². The molecule has 0 spiro atoms. The van der Waals surface area contributed by atoms with Crippen LogP contribution in [0.4, 0.5) is 0 Å². The van der Waals surface area contributed by atoms with Crippen molar-refractivity contribution in [3.8, 4) is 0 Å². The fourth-order valence-corrected chi connectivity index (χ4v) is 1.77. The van der Waals surface area contributed by atoms with Crippen molar-refractivity contribution in [1.29, 1.82) is 0 Å². The van der Waals surface area contributed by atoms with Crippen molar-refractivity contribution in [2.45, 2.75) is 19.4 Å². The van der Waals surface area contributed by atoms with E-state index in [2.05, 4.69) is 10.1 Å². The van der Waals surface area contributed by atoms with Gasteiger partial charge in [0.15, 0.2) is 5.82 Å². The molecular formula is C9H10N2O2S. The smallest absolute Gasteiger partial charge is 0.231 e. The van der Waals surface area contributed by atoms with Crippen molar-refractivity contribution in [3.05, 3.63) is 34.1 Å². The highest BCUT2D eigenvalue weighted by Crippen LogP contribution is 2.15. The second-order valence-corrected chi connectivity index (χ2v) is 4.01. The first-order valence-corrected chi connectivity index (χ1v) is 5.16. The zero-order chi connectivity index (χ0) is 9.97. The summed E-state index contributed by atoms with van der Waals surface area (Å²) in [7, 11) is 0. The van der Waals surface area contributed by atoms with Crippen molar-refractivity contribution in [2.75, 3.05) is 0 Å². The second kappa shape index (κ2) is 3.89. The summed E-state index contributed by atoms with van der Waals surface area (Å²) < 4.78 is 4.98. The number of hydrogen-bond acceptors (Lipinski definition) is 5. The van der Waals surface area contributed by atoms with Crippen LogP contribution < -0.4 is 0 Å². The maximum absolute atomic E-state index is 9.18. The molecule has 0 aliphatic heterocycles. The van der Waals surface area contributed by atoms with Crippen LogP contribution in [-0.2, 0) is 6.42 Å². The van der Waals surface area contributed by atoms with E-state index in [0.717, 1.165) is 0 Å². The first-order valence-electron chi connectivity index (χ1n) is 4.28. The summed E-state index contributed by atoms with van der Waals surface area (Å²) in [4.78, 5) is 5.24. The van der Waals surface area contributed by atoms with Crippen LogP contribution >= 0.6 is 11.3 Å². The Labute approximate surface area is 85.2 Å². The number of thiophene rings is 1. The van der Waals surface area contributed by atoms with Crippen LogP contribution in [-0.4, -0.2) is 15.2 Å². The van der Waals surface area contributed by atoms with E-state index in [9.17, 15) is 5.11 Å². The van der Waals surface area contributed by atoms with Crippen molar-refractivity contribution in [2.24, 2.45) is 0 Å². The number of aromatic nitrogens is 2. The number of rotatable bonds is 3. The van der Waals surface area contributed by atoms with Gasteiger partial charge in [0.2, 0.25) is 5.89 Å². The van der Waals surface area contributed by atoms with Gasteiger partial charge < -0.3 is 9.63 Å². The van der Waals surface area contributed by atoms with Crippen LogP contribution in [0.25, 0.3) is 0 Å². The predicted octanol–water partition coefficient (Wildman–Crippen LogP) is 1.78. The molecule has 0 bridgehead atoms. The van der Waals surface area contributed by atoms with Crippen LogP contribution in [0.5, 0.6) is 0 Å². The van der Waals surface area contributed by atoms with Gasteiger partial charge in [0.05, 0.1) is 6.42 Å². The van der Waals surface area contributed by atoms with Crippen molar-refractivity contribution >= 4 is 11.3 Å². The van der Waals surface area contributed by atoms with Crippen LogP contribution in [0.15, 0.2) is 22.0 Å². The summed E-state index contributed by atoms with van der Waals surface area (Å²) in [5, 5.41) is 14.8. The summed E-state index contributed by atoms with van der Waals surface area (Å²) in [6, 6.07) is 3.99. The average Bonchev–Trinajstić information content (AvgIpc) is 2.75. The molecular weight excluding hydrogens is 200 g/mol. The lowest BCUT2D eigenvalue weighted by atomic mass is 10.3. The molecule has 1 unspecified atom stereocenters. The van der Waals surface area contributed by atoms with E-state index in [0.29, 0.717) is 18.1 Å². The zero-order valence-electron chi connectivity index (χ0n) is 7.67. The lowest BCUT2D eigenvalue weighted by molar-refractivity contribution is 0.184. The van der Waals surface area contributed by atoms with E-state index in [1.54, 1.807) is 18.3 Å². The van der Waals surface area contributed by atoms with Gasteiger partial charge in [0, 0.05) is 4.88 Å². The minimum atomic E-state index is -0.671. The summed E-state index contributed by atoms with van der Waals surface area (Å²) in [5.41, 5.74) is 0. The molecule has 0 amide bonds. The van der Waals surface area contributed by atoms with E-state index in [1.165, 1.54) is 4.88 Å². The Bertz CT molecular complexity index is 395. The first-order chi connectivity index (χ1) is 6.75. The summed E-state index contributed by atoms with van der Waals surface area (Å²) in [5.74, 6) is 0.889. The minimum absolute atomic E-state index is 0.344. The Kier molecular flexibility index (Phi) is 2.60. The Hall–Kier alpha value is -1.20. The number of aliphatic hydroxyl groups is 1. The van der Waals surface area contributed by atoms with Gasteiger partial charge in [-0.2, -0.15) is 4.98 Å². The summed E-state index contributed by atoms with van der Waals surface area (Å²) in [6.07, 6.45) is -0.0342. The van der Waals surface area contributed by atoms with Crippen LogP contribution in [0.1, 0.15) is 29.6 Å². The Morgan fingerprint density at radius 1 is 1.64 bits per heavy atom. The van der Waals surface area contributed by atoms with E-state index in [-0.39, 0.29) is 0 Å². The maximum Gasteiger partial charge on any atom is 0.231 e. The molecule has 0 aliphatic carbocycles. The van der Waals surface area contributed by atoms with Gasteiger partial charge in [-0.05, 0) is 18.4 Å². The molecule has 14 heavy (non-hydrogen) atoms. The monoisotopic (exact) mass is 210 g/mol. The van der Waals surface area contributed by atoms with Gasteiger partial charge in [-0.25, -0.2) is 0 Å². The fraction of sp³-hybridized carbons (Fsp3) is 0.333. The lowest BCUT2D eigenvalue weighted by Gasteiger charge is -1.91. The molecule has 5 heteroatoms. The molecule has 1 atom stereocenters. The summed E-state index contributed by atoms with van der Waals surface area (Å²) >= 11 is 1.65. The highest BCUT2D eigenvalue weighted by atomic mass is 32.1. The van der Waals surface area contributed by atoms with Gasteiger partial charge >= 0.3 is 0 Å². The van der Waals surface area contributed by atoms with E-state index in [4.69, 9.17) is 4.52 Å². The highest BCUT2D eigenvalue weighted by molar-refractivity contribution is 7.09. The molecule has 4 nitrogen and oxygen atoms in total. The summed E-state index contributed by atoms with van der Waals surface area (Å²) in [6.45, 7) is 1.61. The van der Waals surface area contributed by atoms with Crippen molar-refractivity contribution < 1.29 is 9.63 Å². The Morgan fingerprint density at radius 2 is 2.50 bits per heavy atom. The van der Waals surface area contributed by atoms with Crippen molar-refractivity contribution in [3.63, 3.8) is 0 Å². The van der Waals surface area contributed by atoms with Gasteiger partial charge in [0.25, 0.3) is 0 Å². The zero-order valence-corrected chi connectivity index (χ0v) is 8.49. The minimum Gasteiger partial charge on any atom is -0.385 e. The third-order valence-corrected chi connectivity index (χ3v) is 2.64. The molecule has 0 aliphatic rings.